The second-order valence-electron chi connectivity index (χ2n) is 4.08. The van der Waals surface area contributed by atoms with E-state index < -0.39 is 5.91 Å². The van der Waals surface area contributed by atoms with Gasteiger partial charge in [0.1, 0.15) is 5.56 Å². The molecule has 0 atom stereocenters. The minimum atomic E-state index is -0.441. The van der Waals surface area contributed by atoms with Crippen LogP contribution in [0.3, 0.4) is 0 Å². The maximum Gasteiger partial charge on any atom is 0.261 e. The summed E-state index contributed by atoms with van der Waals surface area (Å²) < 4.78 is 5.13. The molecule has 6 heteroatoms. The number of nitriles is 1. The van der Waals surface area contributed by atoms with Gasteiger partial charge < -0.3 is 10.1 Å². The van der Waals surface area contributed by atoms with Crippen LogP contribution in [0.1, 0.15) is 15.9 Å². The van der Waals surface area contributed by atoms with Crippen LogP contribution >= 0.6 is 23.2 Å². The SMILES string of the molecule is COc1c(Cl)ccc(Cl)c1C(=O)Nc1ccc(C#N)cc1. The highest BCUT2D eigenvalue weighted by molar-refractivity contribution is 6.37. The third-order valence-corrected chi connectivity index (χ3v) is 3.37. The molecule has 0 radical (unpaired) electrons. The zero-order valence-electron chi connectivity index (χ0n) is 11.0. The Bertz CT molecular complexity index is 722. The number of amides is 1. The Balaban J connectivity index is 2.32. The zero-order chi connectivity index (χ0) is 15.4. The molecule has 0 bridgehead atoms. The number of methoxy groups -OCH3 is 1. The minimum absolute atomic E-state index is 0.163. The van der Waals surface area contributed by atoms with Crippen molar-refractivity contribution in [1.82, 2.24) is 0 Å². The summed E-state index contributed by atoms with van der Waals surface area (Å²) in [7, 11) is 1.41. The summed E-state index contributed by atoms with van der Waals surface area (Å²) in [6.07, 6.45) is 0. The second kappa shape index (κ2) is 6.49. The van der Waals surface area contributed by atoms with Gasteiger partial charge in [0.2, 0.25) is 0 Å². The van der Waals surface area contributed by atoms with Crippen molar-refractivity contribution in [2.75, 3.05) is 12.4 Å². The molecule has 0 aliphatic heterocycles. The lowest BCUT2D eigenvalue weighted by Gasteiger charge is -2.12. The average Bonchev–Trinajstić information content (AvgIpc) is 2.49. The van der Waals surface area contributed by atoms with Crippen molar-refractivity contribution in [3.8, 4) is 11.8 Å². The van der Waals surface area contributed by atoms with Crippen molar-refractivity contribution in [1.29, 1.82) is 5.26 Å². The van der Waals surface area contributed by atoms with E-state index in [2.05, 4.69) is 5.32 Å². The molecule has 1 N–H and O–H groups in total. The topological polar surface area (TPSA) is 62.1 Å². The highest BCUT2D eigenvalue weighted by atomic mass is 35.5. The number of benzene rings is 2. The van der Waals surface area contributed by atoms with E-state index in [0.717, 1.165) is 0 Å². The number of nitrogens with zero attached hydrogens (tertiary/aromatic N) is 1. The predicted octanol–water partition coefficient (Wildman–Crippen LogP) is 4.13. The number of hydrogen-bond acceptors (Lipinski definition) is 3. The summed E-state index contributed by atoms with van der Waals surface area (Å²) in [5.41, 5.74) is 1.21. The number of anilines is 1. The summed E-state index contributed by atoms with van der Waals surface area (Å²) in [6.45, 7) is 0. The molecule has 0 aliphatic rings. The summed E-state index contributed by atoms with van der Waals surface area (Å²) in [4.78, 5) is 12.3. The average molecular weight is 321 g/mol. The number of carbonyl (C=O) groups is 1. The van der Waals surface area contributed by atoms with Gasteiger partial charge in [0.05, 0.1) is 28.8 Å². The van der Waals surface area contributed by atoms with Crippen LogP contribution in [0.5, 0.6) is 5.75 Å². The highest BCUT2D eigenvalue weighted by Crippen LogP contribution is 2.34. The summed E-state index contributed by atoms with van der Waals surface area (Å²) >= 11 is 12.0. The Morgan fingerprint density at radius 1 is 1.14 bits per heavy atom. The van der Waals surface area contributed by atoms with Crippen molar-refractivity contribution in [3.63, 3.8) is 0 Å². The van der Waals surface area contributed by atoms with Crippen LogP contribution in [0.4, 0.5) is 5.69 Å². The fraction of sp³-hybridized carbons (Fsp3) is 0.0667. The molecule has 21 heavy (non-hydrogen) atoms. The highest BCUT2D eigenvalue weighted by Gasteiger charge is 2.19. The van der Waals surface area contributed by atoms with E-state index in [-0.39, 0.29) is 16.3 Å². The van der Waals surface area contributed by atoms with Gasteiger partial charge in [0.15, 0.2) is 5.75 Å². The fourth-order valence-corrected chi connectivity index (χ4v) is 2.24. The van der Waals surface area contributed by atoms with Gasteiger partial charge in [-0.05, 0) is 36.4 Å². The molecule has 0 heterocycles. The van der Waals surface area contributed by atoms with Crippen LogP contribution in [0.15, 0.2) is 36.4 Å². The molecule has 4 nitrogen and oxygen atoms in total. The van der Waals surface area contributed by atoms with E-state index in [1.54, 1.807) is 30.3 Å². The summed E-state index contributed by atoms with van der Waals surface area (Å²) in [6, 6.07) is 11.5. The number of ether oxygens (including phenoxy) is 1. The number of carbonyl (C=O) groups excluding carboxylic acids is 1. The number of halogens is 2. The molecule has 0 aliphatic carbocycles. The quantitative estimate of drug-likeness (QED) is 0.925. The second-order valence-corrected chi connectivity index (χ2v) is 4.90. The van der Waals surface area contributed by atoms with Crippen LogP contribution < -0.4 is 10.1 Å². The maximum absolute atomic E-state index is 12.3. The molecule has 0 spiro atoms. The largest absolute Gasteiger partial charge is 0.494 e. The van der Waals surface area contributed by atoms with E-state index in [0.29, 0.717) is 16.3 Å². The van der Waals surface area contributed by atoms with Gasteiger partial charge in [-0.1, -0.05) is 23.2 Å². The van der Waals surface area contributed by atoms with Crippen molar-refractivity contribution in [2.24, 2.45) is 0 Å². The van der Waals surface area contributed by atoms with Crippen LogP contribution in [-0.2, 0) is 0 Å². The molecular formula is C15H10Cl2N2O2. The summed E-state index contributed by atoms with van der Waals surface area (Å²) in [5, 5.41) is 12.0. The smallest absolute Gasteiger partial charge is 0.261 e. The van der Waals surface area contributed by atoms with Crippen LogP contribution in [-0.4, -0.2) is 13.0 Å². The van der Waals surface area contributed by atoms with Crippen molar-refractivity contribution < 1.29 is 9.53 Å². The van der Waals surface area contributed by atoms with E-state index in [1.165, 1.54) is 13.2 Å². The molecular weight excluding hydrogens is 311 g/mol. The molecule has 2 aromatic rings. The molecule has 0 aromatic heterocycles. The molecule has 2 aromatic carbocycles. The van der Waals surface area contributed by atoms with Crippen LogP contribution in [0.2, 0.25) is 10.0 Å². The first kappa shape index (κ1) is 15.2. The van der Waals surface area contributed by atoms with Crippen LogP contribution in [0, 0.1) is 11.3 Å². The first-order valence-corrected chi connectivity index (χ1v) is 6.66. The van der Waals surface area contributed by atoms with Crippen molar-refractivity contribution >= 4 is 34.8 Å². The van der Waals surface area contributed by atoms with E-state index in [4.69, 9.17) is 33.2 Å². The number of nitrogens with one attached hydrogen (secondary N) is 1. The molecule has 0 saturated carbocycles. The number of hydrogen-bond donors (Lipinski definition) is 1. The van der Waals surface area contributed by atoms with Gasteiger partial charge in [0, 0.05) is 5.69 Å². The Morgan fingerprint density at radius 2 is 1.76 bits per heavy atom. The van der Waals surface area contributed by atoms with Gasteiger partial charge in [-0.3, -0.25) is 4.79 Å². The standard InChI is InChI=1S/C15H10Cl2N2O2/c1-21-14-12(17)7-6-11(16)13(14)15(20)19-10-4-2-9(8-18)3-5-10/h2-7H,1H3,(H,19,20). The minimum Gasteiger partial charge on any atom is -0.494 e. The Morgan fingerprint density at radius 3 is 2.33 bits per heavy atom. The van der Waals surface area contributed by atoms with Gasteiger partial charge in [-0.25, -0.2) is 0 Å². The zero-order valence-corrected chi connectivity index (χ0v) is 12.5. The lowest BCUT2D eigenvalue weighted by atomic mass is 10.1. The van der Waals surface area contributed by atoms with Crippen molar-refractivity contribution in [3.05, 3.63) is 57.6 Å². The van der Waals surface area contributed by atoms with Crippen LogP contribution in [0.25, 0.3) is 0 Å². The lowest BCUT2D eigenvalue weighted by molar-refractivity contribution is 0.102. The molecule has 0 fully saturated rings. The number of rotatable bonds is 3. The first-order chi connectivity index (χ1) is 10.1. The van der Waals surface area contributed by atoms with Crippen molar-refractivity contribution in [2.45, 2.75) is 0 Å². The van der Waals surface area contributed by atoms with E-state index in [9.17, 15) is 4.79 Å². The first-order valence-electron chi connectivity index (χ1n) is 5.90. The van der Waals surface area contributed by atoms with Gasteiger partial charge in [0.25, 0.3) is 5.91 Å². The van der Waals surface area contributed by atoms with Gasteiger partial charge >= 0.3 is 0 Å². The Labute approximate surface area is 131 Å². The molecule has 0 saturated heterocycles. The molecule has 106 valence electrons. The normalized spacial score (nSPS) is 9.81. The van der Waals surface area contributed by atoms with Gasteiger partial charge in [-0.15, -0.1) is 0 Å². The molecule has 0 unspecified atom stereocenters. The van der Waals surface area contributed by atoms with E-state index in [1.807, 2.05) is 6.07 Å². The Hall–Kier alpha value is -2.22. The third kappa shape index (κ3) is 3.27. The molecule has 1 amide bonds. The Kier molecular flexibility index (Phi) is 4.69. The monoisotopic (exact) mass is 320 g/mol. The maximum atomic E-state index is 12.3. The lowest BCUT2D eigenvalue weighted by Crippen LogP contribution is -2.14. The third-order valence-electron chi connectivity index (χ3n) is 2.76. The van der Waals surface area contributed by atoms with E-state index >= 15 is 0 Å². The van der Waals surface area contributed by atoms with Gasteiger partial charge in [-0.2, -0.15) is 5.26 Å². The molecule has 2 rings (SSSR count). The fourth-order valence-electron chi connectivity index (χ4n) is 1.77. The summed E-state index contributed by atoms with van der Waals surface area (Å²) in [5.74, 6) is -0.223. The predicted molar refractivity (Wildman–Crippen MR) is 82.1 cm³/mol.